The van der Waals surface area contributed by atoms with E-state index in [1.165, 1.54) is 6.07 Å². The number of pyridine rings is 1. The lowest BCUT2D eigenvalue weighted by Crippen LogP contribution is -2.01. The lowest BCUT2D eigenvalue weighted by molar-refractivity contribution is 0.296. The van der Waals surface area contributed by atoms with Crippen molar-refractivity contribution in [2.24, 2.45) is 0 Å². The van der Waals surface area contributed by atoms with Crippen molar-refractivity contribution in [1.29, 1.82) is 5.26 Å². The molecule has 1 aromatic carbocycles. The van der Waals surface area contributed by atoms with Crippen LogP contribution in [0.2, 0.25) is 5.02 Å². The number of hydrogen-bond donors (Lipinski definition) is 1. The molecule has 0 radical (unpaired) electrons. The molecular weight excluding hydrogens is 278 g/mol. The van der Waals surface area contributed by atoms with Crippen LogP contribution in [-0.2, 0) is 6.61 Å². The number of halogens is 1. The van der Waals surface area contributed by atoms with Crippen molar-refractivity contribution < 1.29 is 9.47 Å². The molecule has 2 rings (SSSR count). The topological polar surface area (TPSA) is 81.2 Å². The van der Waals surface area contributed by atoms with E-state index in [0.29, 0.717) is 16.5 Å². The van der Waals surface area contributed by atoms with Crippen molar-refractivity contribution in [3.8, 4) is 17.6 Å². The molecule has 0 aliphatic carbocycles. The molecule has 0 unspecified atom stereocenters. The molecule has 5 nitrogen and oxygen atoms in total. The standard InChI is InChI=1S/C14H12ClN3O2/c1-19-13-4-10(15)3-2-9(13)8-20-12-5-11(7-16)18-14(17)6-12/h2-6H,8H2,1H3,(H2,17,18). The van der Waals surface area contributed by atoms with E-state index >= 15 is 0 Å². The minimum Gasteiger partial charge on any atom is -0.496 e. The molecule has 0 saturated heterocycles. The Kier molecular flexibility index (Phi) is 4.28. The van der Waals surface area contributed by atoms with Crippen LogP contribution < -0.4 is 15.2 Å². The Labute approximate surface area is 121 Å². The molecule has 0 saturated carbocycles. The maximum Gasteiger partial charge on any atom is 0.146 e. The number of methoxy groups -OCH3 is 1. The van der Waals surface area contributed by atoms with Crippen molar-refractivity contribution in [2.75, 3.05) is 12.8 Å². The number of nitrogens with zero attached hydrogens (tertiary/aromatic N) is 2. The Hall–Kier alpha value is -2.45. The van der Waals surface area contributed by atoms with Crippen LogP contribution >= 0.6 is 11.6 Å². The molecule has 0 aliphatic rings. The Bertz CT molecular complexity index is 668. The van der Waals surface area contributed by atoms with Gasteiger partial charge < -0.3 is 15.2 Å². The summed E-state index contributed by atoms with van der Waals surface area (Å²) in [6.45, 7) is 0.272. The number of hydrogen-bond acceptors (Lipinski definition) is 5. The molecule has 20 heavy (non-hydrogen) atoms. The number of nitrogens with two attached hydrogens (primary N) is 1. The van der Waals surface area contributed by atoms with Crippen LogP contribution in [0, 0.1) is 11.3 Å². The Morgan fingerprint density at radius 2 is 2.15 bits per heavy atom. The van der Waals surface area contributed by atoms with Gasteiger partial charge in [-0.15, -0.1) is 0 Å². The first-order chi connectivity index (χ1) is 9.62. The van der Waals surface area contributed by atoms with Crippen LogP contribution in [0.15, 0.2) is 30.3 Å². The number of nitrogen functional groups attached to an aromatic ring is 1. The molecule has 0 spiro atoms. The molecule has 0 bridgehead atoms. The van der Waals surface area contributed by atoms with Gasteiger partial charge in [-0.25, -0.2) is 4.98 Å². The molecule has 0 atom stereocenters. The summed E-state index contributed by atoms with van der Waals surface area (Å²) in [6.07, 6.45) is 0. The average Bonchev–Trinajstić information content (AvgIpc) is 2.45. The smallest absolute Gasteiger partial charge is 0.146 e. The molecular formula is C14H12ClN3O2. The van der Waals surface area contributed by atoms with Gasteiger partial charge in [-0.1, -0.05) is 17.7 Å². The molecule has 6 heteroatoms. The van der Waals surface area contributed by atoms with Crippen LogP contribution in [0.4, 0.5) is 5.82 Å². The summed E-state index contributed by atoms with van der Waals surface area (Å²) >= 11 is 5.89. The molecule has 2 N–H and O–H groups in total. The highest BCUT2D eigenvalue weighted by Crippen LogP contribution is 2.25. The predicted octanol–water partition coefficient (Wildman–Crippen LogP) is 2.78. The first-order valence-electron chi connectivity index (χ1n) is 5.75. The summed E-state index contributed by atoms with van der Waals surface area (Å²) < 4.78 is 10.8. The van der Waals surface area contributed by atoms with Crippen molar-refractivity contribution in [3.63, 3.8) is 0 Å². The summed E-state index contributed by atoms with van der Waals surface area (Å²) in [6, 6.07) is 10.3. The molecule has 102 valence electrons. The van der Waals surface area contributed by atoms with Gasteiger partial charge in [-0.2, -0.15) is 5.26 Å². The monoisotopic (exact) mass is 289 g/mol. The van der Waals surface area contributed by atoms with Crippen molar-refractivity contribution in [1.82, 2.24) is 4.98 Å². The first-order valence-corrected chi connectivity index (χ1v) is 6.13. The van der Waals surface area contributed by atoms with Gasteiger partial charge in [0.25, 0.3) is 0 Å². The van der Waals surface area contributed by atoms with E-state index in [9.17, 15) is 0 Å². The zero-order valence-electron chi connectivity index (χ0n) is 10.8. The van der Waals surface area contributed by atoms with Gasteiger partial charge in [-0.3, -0.25) is 0 Å². The first kappa shape index (κ1) is 14.0. The van der Waals surface area contributed by atoms with Crippen molar-refractivity contribution >= 4 is 17.4 Å². The highest BCUT2D eigenvalue weighted by molar-refractivity contribution is 6.30. The van der Waals surface area contributed by atoms with E-state index < -0.39 is 0 Å². The number of nitriles is 1. The van der Waals surface area contributed by atoms with E-state index in [1.54, 1.807) is 25.3 Å². The molecule has 0 fully saturated rings. The van der Waals surface area contributed by atoms with E-state index in [2.05, 4.69) is 4.98 Å². The predicted molar refractivity (Wildman–Crippen MR) is 75.7 cm³/mol. The fourth-order valence-electron chi connectivity index (χ4n) is 1.67. The van der Waals surface area contributed by atoms with Gasteiger partial charge in [-0.05, 0) is 12.1 Å². The van der Waals surface area contributed by atoms with Gasteiger partial charge in [0.1, 0.15) is 35.7 Å². The summed E-state index contributed by atoms with van der Waals surface area (Å²) in [5.74, 6) is 1.35. The molecule has 1 aromatic heterocycles. The van der Waals surface area contributed by atoms with Gasteiger partial charge in [0.2, 0.25) is 0 Å². The minimum atomic E-state index is 0.211. The van der Waals surface area contributed by atoms with Gasteiger partial charge in [0, 0.05) is 22.7 Å². The van der Waals surface area contributed by atoms with Crippen molar-refractivity contribution in [3.05, 3.63) is 46.6 Å². The zero-order chi connectivity index (χ0) is 14.5. The Balaban J connectivity index is 2.17. The van der Waals surface area contributed by atoms with Crippen LogP contribution in [-0.4, -0.2) is 12.1 Å². The third kappa shape index (κ3) is 3.31. The van der Waals surface area contributed by atoms with E-state index in [4.69, 9.17) is 32.1 Å². The summed E-state index contributed by atoms with van der Waals surface area (Å²) in [4.78, 5) is 3.85. The SMILES string of the molecule is COc1cc(Cl)ccc1COc1cc(N)nc(C#N)c1. The second kappa shape index (κ2) is 6.13. The van der Waals surface area contributed by atoms with Gasteiger partial charge in [0.15, 0.2) is 0 Å². The minimum absolute atomic E-state index is 0.211. The number of rotatable bonds is 4. The summed E-state index contributed by atoms with van der Waals surface area (Å²) in [7, 11) is 1.56. The normalized spacial score (nSPS) is 9.85. The number of anilines is 1. The van der Waals surface area contributed by atoms with Crippen LogP contribution in [0.5, 0.6) is 11.5 Å². The maximum absolute atomic E-state index is 8.83. The van der Waals surface area contributed by atoms with Crippen LogP contribution in [0.1, 0.15) is 11.3 Å². The van der Waals surface area contributed by atoms with Crippen LogP contribution in [0.3, 0.4) is 0 Å². The zero-order valence-corrected chi connectivity index (χ0v) is 11.5. The number of ether oxygens (including phenoxy) is 2. The van der Waals surface area contributed by atoms with E-state index in [0.717, 1.165) is 5.56 Å². The van der Waals surface area contributed by atoms with E-state index in [-0.39, 0.29) is 18.1 Å². The Morgan fingerprint density at radius 3 is 2.85 bits per heavy atom. The quantitative estimate of drug-likeness (QED) is 0.936. The third-order valence-corrected chi connectivity index (χ3v) is 2.81. The number of benzene rings is 1. The lowest BCUT2D eigenvalue weighted by Gasteiger charge is -2.11. The molecule has 1 heterocycles. The van der Waals surface area contributed by atoms with Crippen molar-refractivity contribution in [2.45, 2.75) is 6.61 Å². The molecule has 0 aliphatic heterocycles. The highest BCUT2D eigenvalue weighted by Gasteiger charge is 2.06. The van der Waals surface area contributed by atoms with E-state index in [1.807, 2.05) is 12.1 Å². The van der Waals surface area contributed by atoms with Crippen LogP contribution in [0.25, 0.3) is 0 Å². The largest absolute Gasteiger partial charge is 0.496 e. The fourth-order valence-corrected chi connectivity index (χ4v) is 1.83. The third-order valence-electron chi connectivity index (χ3n) is 2.58. The summed E-state index contributed by atoms with van der Waals surface area (Å²) in [5, 5.41) is 9.41. The Morgan fingerprint density at radius 1 is 1.35 bits per heavy atom. The maximum atomic E-state index is 8.83. The molecule has 0 amide bonds. The molecule has 2 aromatic rings. The summed E-state index contributed by atoms with van der Waals surface area (Å²) in [5.41, 5.74) is 6.65. The number of aromatic nitrogens is 1. The second-order valence-electron chi connectivity index (χ2n) is 3.97. The fraction of sp³-hybridized carbons (Fsp3) is 0.143. The second-order valence-corrected chi connectivity index (χ2v) is 4.41. The average molecular weight is 290 g/mol. The highest BCUT2D eigenvalue weighted by atomic mass is 35.5. The lowest BCUT2D eigenvalue weighted by atomic mass is 10.2. The van der Waals surface area contributed by atoms with Gasteiger partial charge in [0.05, 0.1) is 7.11 Å². The van der Waals surface area contributed by atoms with Gasteiger partial charge >= 0.3 is 0 Å².